The normalized spacial score (nSPS) is 20.2. The van der Waals surface area contributed by atoms with E-state index in [0.29, 0.717) is 35.6 Å². The van der Waals surface area contributed by atoms with Crippen LogP contribution in [0.25, 0.3) is 0 Å². The summed E-state index contributed by atoms with van der Waals surface area (Å²) < 4.78 is 33.4. The number of hydrogen-bond acceptors (Lipinski definition) is 6. The summed E-state index contributed by atoms with van der Waals surface area (Å²) in [5.41, 5.74) is 8.43. The van der Waals surface area contributed by atoms with E-state index in [-0.39, 0.29) is 23.5 Å². The maximum atomic E-state index is 13.1. The molecular formula is C21H24N4O4S. The molecule has 0 saturated carbocycles. The topological polar surface area (TPSA) is 115 Å². The highest BCUT2D eigenvalue weighted by atomic mass is 32.2. The van der Waals surface area contributed by atoms with Crippen molar-refractivity contribution < 1.29 is 17.9 Å². The van der Waals surface area contributed by atoms with Gasteiger partial charge in [-0.3, -0.25) is 9.78 Å². The van der Waals surface area contributed by atoms with E-state index in [9.17, 15) is 13.2 Å². The molecule has 1 saturated heterocycles. The van der Waals surface area contributed by atoms with Crippen LogP contribution in [0.5, 0.6) is 5.75 Å². The molecule has 1 aromatic carbocycles. The fourth-order valence-corrected chi connectivity index (χ4v) is 5.09. The summed E-state index contributed by atoms with van der Waals surface area (Å²) in [6.45, 7) is 2.83. The summed E-state index contributed by atoms with van der Waals surface area (Å²) in [6.07, 6.45) is 4.44. The van der Waals surface area contributed by atoms with Crippen LogP contribution in [0.4, 0.5) is 0 Å². The summed E-state index contributed by atoms with van der Waals surface area (Å²) in [6, 6.07) is 8.64. The lowest BCUT2D eigenvalue weighted by atomic mass is 10.0. The Kier molecular flexibility index (Phi) is 5.46. The van der Waals surface area contributed by atoms with Crippen molar-refractivity contribution in [3.63, 3.8) is 0 Å². The number of benzene rings is 1. The van der Waals surface area contributed by atoms with Gasteiger partial charge in [0, 0.05) is 24.0 Å². The van der Waals surface area contributed by atoms with Gasteiger partial charge in [0.2, 0.25) is 0 Å². The molecule has 0 spiro atoms. The number of ether oxygens (including phenoxy) is 1. The lowest BCUT2D eigenvalue weighted by Crippen LogP contribution is -2.46. The molecule has 0 aliphatic carbocycles. The van der Waals surface area contributed by atoms with E-state index in [2.05, 4.69) is 9.38 Å². The molecule has 8 nitrogen and oxygen atoms in total. The number of fused-ring (bicyclic) bond motifs is 1. The summed E-state index contributed by atoms with van der Waals surface area (Å²) in [5, 5.41) is 0. The Morgan fingerprint density at radius 1 is 1.30 bits per heavy atom. The van der Waals surface area contributed by atoms with Gasteiger partial charge in [-0.25, -0.2) is 8.42 Å². The molecule has 1 atom stereocenters. The van der Waals surface area contributed by atoms with Crippen LogP contribution in [0.2, 0.25) is 0 Å². The van der Waals surface area contributed by atoms with Gasteiger partial charge in [0.05, 0.1) is 17.4 Å². The Morgan fingerprint density at radius 3 is 2.93 bits per heavy atom. The van der Waals surface area contributed by atoms with E-state index in [1.807, 2.05) is 11.8 Å². The fourth-order valence-electron chi connectivity index (χ4n) is 4.00. The van der Waals surface area contributed by atoms with E-state index in [0.717, 1.165) is 25.0 Å². The van der Waals surface area contributed by atoms with Crippen molar-refractivity contribution in [2.75, 3.05) is 13.2 Å². The van der Waals surface area contributed by atoms with E-state index in [1.165, 1.54) is 0 Å². The van der Waals surface area contributed by atoms with E-state index in [1.54, 1.807) is 36.5 Å². The SMILES string of the molecule is Cc1cc(C(=O)N2CCCC[C@@H]2COc2cccc3c2C(N)=NS(=O)(=O)C3)ccn1. The van der Waals surface area contributed by atoms with Gasteiger partial charge in [-0.1, -0.05) is 12.1 Å². The molecule has 30 heavy (non-hydrogen) atoms. The zero-order valence-electron chi connectivity index (χ0n) is 16.7. The number of pyridine rings is 1. The Bertz CT molecular complexity index is 1110. The minimum atomic E-state index is -3.60. The molecule has 4 rings (SSSR count). The lowest BCUT2D eigenvalue weighted by molar-refractivity contribution is 0.0528. The highest BCUT2D eigenvalue weighted by Crippen LogP contribution is 2.29. The minimum absolute atomic E-state index is 0.0314. The number of carbonyl (C=O) groups is 1. The first-order chi connectivity index (χ1) is 14.3. The smallest absolute Gasteiger partial charge is 0.259 e. The number of likely N-dealkylation sites (tertiary alicyclic amines) is 1. The average Bonchev–Trinajstić information content (AvgIpc) is 2.70. The molecule has 2 N–H and O–H groups in total. The first kappa shape index (κ1) is 20.3. The van der Waals surface area contributed by atoms with E-state index in [4.69, 9.17) is 10.5 Å². The quantitative estimate of drug-likeness (QED) is 0.797. The van der Waals surface area contributed by atoms with Crippen molar-refractivity contribution in [2.45, 2.75) is 38.0 Å². The molecule has 3 heterocycles. The third-order valence-electron chi connectivity index (χ3n) is 5.41. The average molecular weight is 429 g/mol. The Hall–Kier alpha value is -2.94. The van der Waals surface area contributed by atoms with Crippen molar-refractivity contribution in [1.29, 1.82) is 0 Å². The number of amidine groups is 1. The summed E-state index contributed by atoms with van der Waals surface area (Å²) in [7, 11) is -3.60. The van der Waals surface area contributed by atoms with E-state index >= 15 is 0 Å². The first-order valence-corrected chi connectivity index (χ1v) is 11.5. The molecule has 0 unspecified atom stereocenters. The van der Waals surface area contributed by atoms with Gasteiger partial charge in [0.15, 0.2) is 0 Å². The van der Waals surface area contributed by atoms with Crippen LogP contribution in [-0.2, 0) is 15.8 Å². The van der Waals surface area contributed by atoms with Crippen LogP contribution in [0.3, 0.4) is 0 Å². The Labute approximate surface area is 175 Å². The highest BCUT2D eigenvalue weighted by Gasteiger charge is 2.30. The van der Waals surface area contributed by atoms with Gasteiger partial charge in [0.25, 0.3) is 15.9 Å². The number of amides is 1. The maximum absolute atomic E-state index is 13.1. The monoisotopic (exact) mass is 428 g/mol. The zero-order chi connectivity index (χ0) is 21.3. The van der Waals surface area contributed by atoms with Crippen molar-refractivity contribution in [3.8, 4) is 5.75 Å². The molecule has 1 amide bonds. The van der Waals surface area contributed by atoms with Crippen LogP contribution in [-0.4, -0.2) is 49.2 Å². The number of sulfonamides is 1. The third-order valence-corrected chi connectivity index (χ3v) is 6.56. The summed E-state index contributed by atoms with van der Waals surface area (Å²) in [5.74, 6) is 0.198. The first-order valence-electron chi connectivity index (χ1n) is 9.91. The molecular weight excluding hydrogens is 404 g/mol. The second-order valence-electron chi connectivity index (χ2n) is 7.64. The Balaban J connectivity index is 1.54. The molecule has 0 bridgehead atoms. The Morgan fingerprint density at radius 2 is 2.13 bits per heavy atom. The van der Waals surface area contributed by atoms with Crippen molar-refractivity contribution in [3.05, 3.63) is 58.9 Å². The number of aromatic nitrogens is 1. The zero-order valence-corrected chi connectivity index (χ0v) is 17.6. The second-order valence-corrected chi connectivity index (χ2v) is 9.27. The number of rotatable bonds is 4. The van der Waals surface area contributed by atoms with Crippen LogP contribution in [0.1, 0.15) is 46.4 Å². The number of nitrogens with zero attached hydrogens (tertiary/aromatic N) is 3. The van der Waals surface area contributed by atoms with Crippen LogP contribution in [0.15, 0.2) is 40.9 Å². The summed E-state index contributed by atoms with van der Waals surface area (Å²) >= 11 is 0. The van der Waals surface area contributed by atoms with E-state index < -0.39 is 10.0 Å². The van der Waals surface area contributed by atoms with Gasteiger partial charge in [-0.05, 0) is 49.9 Å². The molecule has 1 fully saturated rings. The molecule has 2 aliphatic rings. The number of aryl methyl sites for hydroxylation is 1. The van der Waals surface area contributed by atoms with Gasteiger partial charge < -0.3 is 15.4 Å². The molecule has 2 aliphatic heterocycles. The van der Waals surface area contributed by atoms with Crippen molar-refractivity contribution in [2.24, 2.45) is 10.1 Å². The predicted octanol–water partition coefficient (Wildman–Crippen LogP) is 2.01. The highest BCUT2D eigenvalue weighted by molar-refractivity contribution is 7.89. The number of nitrogens with two attached hydrogens (primary N) is 1. The lowest BCUT2D eigenvalue weighted by Gasteiger charge is -2.36. The van der Waals surface area contributed by atoms with Crippen LogP contribution >= 0.6 is 0 Å². The fraction of sp³-hybridized carbons (Fsp3) is 0.381. The minimum Gasteiger partial charge on any atom is -0.491 e. The number of piperidine rings is 1. The predicted molar refractivity (Wildman–Crippen MR) is 113 cm³/mol. The molecule has 158 valence electrons. The maximum Gasteiger partial charge on any atom is 0.259 e. The van der Waals surface area contributed by atoms with Gasteiger partial charge >= 0.3 is 0 Å². The molecule has 9 heteroatoms. The second kappa shape index (κ2) is 8.06. The van der Waals surface area contributed by atoms with Crippen LogP contribution in [0, 0.1) is 6.92 Å². The van der Waals surface area contributed by atoms with Crippen molar-refractivity contribution >= 4 is 21.8 Å². The molecule has 2 aromatic rings. The molecule has 0 radical (unpaired) electrons. The van der Waals surface area contributed by atoms with Crippen LogP contribution < -0.4 is 10.5 Å². The van der Waals surface area contributed by atoms with Crippen molar-refractivity contribution in [1.82, 2.24) is 9.88 Å². The number of carbonyl (C=O) groups excluding carboxylic acids is 1. The van der Waals surface area contributed by atoms with Gasteiger partial charge in [-0.2, -0.15) is 0 Å². The third kappa shape index (κ3) is 4.16. The molecule has 1 aromatic heterocycles. The van der Waals surface area contributed by atoms with Gasteiger partial charge in [0.1, 0.15) is 18.2 Å². The van der Waals surface area contributed by atoms with Gasteiger partial charge in [-0.15, -0.1) is 4.40 Å². The summed E-state index contributed by atoms with van der Waals surface area (Å²) in [4.78, 5) is 19.1. The standard InChI is InChI=1S/C21H24N4O4S/c1-14-11-15(8-9-23-14)21(26)25-10-3-2-6-17(25)12-29-18-7-4-5-16-13-30(27,28)24-20(22)19(16)18/h4-5,7-9,11,17H,2-3,6,10,12-13H2,1H3,(H2,22,24)/t17-/m1/s1. The number of hydrogen-bond donors (Lipinski definition) is 1. The largest absolute Gasteiger partial charge is 0.491 e.